The number of hydrogen-bond donors (Lipinski definition) is 3. The number of carbonyl (C=O) groups is 3. The zero-order chi connectivity index (χ0) is 24.9. The molecular weight excluding hydrogens is 432 g/mol. The van der Waals surface area contributed by atoms with E-state index in [1.807, 2.05) is 57.2 Å². The molecule has 1 aliphatic carbocycles. The minimum absolute atomic E-state index is 0.0909. The summed E-state index contributed by atoms with van der Waals surface area (Å²) in [6.07, 6.45) is 0.560. The molecule has 34 heavy (non-hydrogen) atoms. The van der Waals surface area contributed by atoms with Gasteiger partial charge in [-0.2, -0.15) is 0 Å². The van der Waals surface area contributed by atoms with Crippen LogP contribution in [0.15, 0.2) is 48.5 Å². The van der Waals surface area contributed by atoms with Gasteiger partial charge in [-0.25, -0.2) is 9.59 Å². The minimum Gasteiger partial charge on any atom is -0.480 e. The highest BCUT2D eigenvalue weighted by atomic mass is 16.5. The van der Waals surface area contributed by atoms with Gasteiger partial charge in [0.25, 0.3) is 0 Å². The first-order valence-electron chi connectivity index (χ1n) is 11.8. The number of carboxylic acid groups (broad SMARTS) is 1. The second-order valence-electron chi connectivity index (χ2n) is 9.53. The number of fused-ring (bicyclic) bond motifs is 3. The smallest absolute Gasteiger partial charge is 0.408 e. The van der Waals surface area contributed by atoms with Crippen molar-refractivity contribution in [1.29, 1.82) is 0 Å². The lowest BCUT2D eigenvalue weighted by molar-refractivity contribution is -0.143. The van der Waals surface area contributed by atoms with Gasteiger partial charge in [-0.1, -0.05) is 75.7 Å². The highest BCUT2D eigenvalue weighted by Crippen LogP contribution is 2.44. The standard InChI is InChI=1S/C27H34N2O5/c1-5-14-27(4,25(32)28-23(24(30)31)15-17(2)3)29-26(33)34-16-22-20-12-8-6-10-18(20)19-11-7-9-13-21(19)22/h6-13,17,22-23H,5,14-16H2,1-4H3,(H,28,32)(H,29,33)(H,30,31)/t23-,27?/m0/s1. The lowest BCUT2D eigenvalue weighted by atomic mass is 9.94. The summed E-state index contributed by atoms with van der Waals surface area (Å²) in [5.41, 5.74) is 3.17. The van der Waals surface area contributed by atoms with Gasteiger partial charge in [0.2, 0.25) is 5.91 Å². The fourth-order valence-electron chi connectivity index (χ4n) is 4.60. The van der Waals surface area contributed by atoms with Gasteiger partial charge in [-0.05, 0) is 47.9 Å². The Labute approximate surface area is 200 Å². The number of nitrogens with one attached hydrogen (secondary N) is 2. The van der Waals surface area contributed by atoms with Gasteiger partial charge in [0.05, 0.1) is 0 Å². The highest BCUT2D eigenvalue weighted by Gasteiger charge is 2.37. The van der Waals surface area contributed by atoms with Crippen LogP contribution in [-0.2, 0) is 14.3 Å². The molecule has 0 fully saturated rings. The van der Waals surface area contributed by atoms with Gasteiger partial charge in [0, 0.05) is 5.92 Å². The van der Waals surface area contributed by atoms with Crippen molar-refractivity contribution in [3.05, 3.63) is 59.7 Å². The molecule has 2 aromatic carbocycles. The normalized spacial score (nSPS) is 15.1. The van der Waals surface area contributed by atoms with Crippen molar-refractivity contribution in [1.82, 2.24) is 10.6 Å². The van der Waals surface area contributed by atoms with Gasteiger partial charge >= 0.3 is 12.1 Å². The summed E-state index contributed by atoms with van der Waals surface area (Å²) >= 11 is 0. The van der Waals surface area contributed by atoms with Crippen LogP contribution in [0.5, 0.6) is 0 Å². The van der Waals surface area contributed by atoms with E-state index >= 15 is 0 Å². The quantitative estimate of drug-likeness (QED) is 0.471. The van der Waals surface area contributed by atoms with E-state index in [1.54, 1.807) is 6.92 Å². The molecule has 3 rings (SSSR count). The van der Waals surface area contributed by atoms with Crippen LogP contribution in [0.4, 0.5) is 4.79 Å². The van der Waals surface area contributed by atoms with Gasteiger partial charge in [-0.3, -0.25) is 4.79 Å². The van der Waals surface area contributed by atoms with Gasteiger partial charge in [-0.15, -0.1) is 0 Å². The maximum atomic E-state index is 13.0. The SMILES string of the molecule is CCCC(C)(NC(=O)OCC1c2ccccc2-c2ccccc21)C(=O)N[C@@H](CC(C)C)C(=O)O. The predicted octanol–water partition coefficient (Wildman–Crippen LogP) is 4.70. The summed E-state index contributed by atoms with van der Waals surface area (Å²) in [6.45, 7) is 7.41. The number of amides is 2. The number of hydrogen-bond acceptors (Lipinski definition) is 4. The molecule has 2 atom stereocenters. The van der Waals surface area contributed by atoms with Crippen LogP contribution in [0.25, 0.3) is 11.1 Å². The van der Waals surface area contributed by atoms with E-state index in [0.29, 0.717) is 19.3 Å². The second kappa shape index (κ2) is 10.7. The van der Waals surface area contributed by atoms with E-state index in [4.69, 9.17) is 4.74 Å². The third kappa shape index (κ3) is 5.58. The van der Waals surface area contributed by atoms with Crippen LogP contribution >= 0.6 is 0 Å². The van der Waals surface area contributed by atoms with Crippen molar-refractivity contribution >= 4 is 18.0 Å². The summed E-state index contributed by atoms with van der Waals surface area (Å²) in [5.74, 6) is -1.63. The molecule has 0 aliphatic heterocycles. The van der Waals surface area contributed by atoms with Crippen molar-refractivity contribution in [2.24, 2.45) is 5.92 Å². The topological polar surface area (TPSA) is 105 Å². The Hall–Kier alpha value is -3.35. The summed E-state index contributed by atoms with van der Waals surface area (Å²) in [7, 11) is 0. The summed E-state index contributed by atoms with van der Waals surface area (Å²) in [4.78, 5) is 37.4. The van der Waals surface area contributed by atoms with Crippen LogP contribution in [0.1, 0.15) is 64.0 Å². The highest BCUT2D eigenvalue weighted by molar-refractivity contribution is 5.92. The van der Waals surface area contributed by atoms with Gasteiger partial charge in [0.1, 0.15) is 18.2 Å². The van der Waals surface area contributed by atoms with Gasteiger partial charge in [0.15, 0.2) is 0 Å². The molecule has 2 aromatic rings. The molecule has 1 unspecified atom stereocenters. The average molecular weight is 467 g/mol. The number of benzene rings is 2. The third-order valence-electron chi connectivity index (χ3n) is 6.28. The molecule has 0 heterocycles. The summed E-state index contributed by atoms with van der Waals surface area (Å²) in [6, 6.07) is 15.1. The molecule has 7 nitrogen and oxygen atoms in total. The molecule has 1 aliphatic rings. The lowest BCUT2D eigenvalue weighted by Crippen LogP contribution is -2.59. The number of carboxylic acids is 1. The van der Waals surface area contributed by atoms with Crippen LogP contribution in [-0.4, -0.2) is 41.3 Å². The molecule has 3 N–H and O–H groups in total. The van der Waals surface area contributed by atoms with Gasteiger partial charge < -0.3 is 20.5 Å². The number of carbonyl (C=O) groups excluding carboxylic acids is 2. The van der Waals surface area contributed by atoms with E-state index in [9.17, 15) is 19.5 Å². The van der Waals surface area contributed by atoms with E-state index in [2.05, 4.69) is 22.8 Å². The fourth-order valence-corrected chi connectivity index (χ4v) is 4.60. The molecule has 0 aromatic heterocycles. The second-order valence-corrected chi connectivity index (χ2v) is 9.53. The van der Waals surface area contributed by atoms with Crippen LogP contribution < -0.4 is 10.6 Å². The molecule has 0 saturated carbocycles. The number of alkyl carbamates (subject to hydrolysis) is 1. The molecule has 2 amide bonds. The molecule has 0 spiro atoms. The molecular formula is C27H34N2O5. The monoisotopic (exact) mass is 466 g/mol. The van der Waals surface area contributed by atoms with Crippen molar-refractivity contribution in [3.8, 4) is 11.1 Å². The molecule has 0 bridgehead atoms. The Bertz CT molecular complexity index is 1010. The average Bonchev–Trinajstić information content (AvgIpc) is 3.10. The summed E-state index contributed by atoms with van der Waals surface area (Å²) < 4.78 is 5.60. The van der Waals surface area contributed by atoms with E-state index in [1.165, 1.54) is 0 Å². The number of ether oxygens (including phenoxy) is 1. The maximum absolute atomic E-state index is 13.0. The van der Waals surface area contributed by atoms with Crippen molar-refractivity contribution in [2.45, 2.75) is 64.5 Å². The van der Waals surface area contributed by atoms with E-state index in [-0.39, 0.29) is 18.4 Å². The summed E-state index contributed by atoms with van der Waals surface area (Å²) in [5, 5.41) is 14.8. The first-order valence-corrected chi connectivity index (χ1v) is 11.8. The Morgan fingerprint density at radius 3 is 2.09 bits per heavy atom. The Morgan fingerprint density at radius 1 is 1.03 bits per heavy atom. The number of rotatable bonds is 10. The van der Waals surface area contributed by atoms with Crippen LogP contribution in [0, 0.1) is 5.92 Å². The number of aliphatic carboxylic acids is 1. The largest absolute Gasteiger partial charge is 0.480 e. The molecule has 182 valence electrons. The Morgan fingerprint density at radius 2 is 1.59 bits per heavy atom. The fraction of sp³-hybridized carbons (Fsp3) is 0.444. The van der Waals surface area contributed by atoms with Crippen molar-refractivity contribution in [2.75, 3.05) is 6.61 Å². The first kappa shape index (κ1) is 25.3. The Kier molecular flexibility index (Phi) is 7.97. The zero-order valence-corrected chi connectivity index (χ0v) is 20.3. The van der Waals surface area contributed by atoms with E-state index < -0.39 is 29.6 Å². The minimum atomic E-state index is -1.29. The zero-order valence-electron chi connectivity index (χ0n) is 20.3. The van der Waals surface area contributed by atoms with Crippen molar-refractivity contribution < 1.29 is 24.2 Å². The maximum Gasteiger partial charge on any atom is 0.408 e. The molecule has 0 saturated heterocycles. The van der Waals surface area contributed by atoms with Crippen LogP contribution in [0.3, 0.4) is 0 Å². The predicted molar refractivity (Wildman–Crippen MR) is 131 cm³/mol. The first-order chi connectivity index (χ1) is 16.2. The van der Waals surface area contributed by atoms with Crippen molar-refractivity contribution in [3.63, 3.8) is 0 Å². The molecule has 0 radical (unpaired) electrons. The lowest BCUT2D eigenvalue weighted by Gasteiger charge is -2.31. The van der Waals surface area contributed by atoms with E-state index in [0.717, 1.165) is 22.3 Å². The Balaban J connectivity index is 1.69. The molecule has 7 heteroatoms. The van der Waals surface area contributed by atoms with Crippen LogP contribution in [0.2, 0.25) is 0 Å². The third-order valence-corrected chi connectivity index (χ3v) is 6.28.